The summed E-state index contributed by atoms with van der Waals surface area (Å²) in [5.74, 6) is 1.00. The number of aliphatic hydroxyl groups is 1. The average molecular weight is 288 g/mol. The number of aliphatic hydroxyl groups excluding tert-OH is 1. The van der Waals surface area contributed by atoms with Gasteiger partial charge in [-0.2, -0.15) is 0 Å². The average Bonchev–Trinajstić information content (AvgIpc) is 3.32. The topological polar surface area (TPSA) is 35.5 Å². The van der Waals surface area contributed by atoms with Gasteiger partial charge in [-0.3, -0.25) is 0 Å². The zero-order chi connectivity index (χ0) is 14.7. The van der Waals surface area contributed by atoms with E-state index < -0.39 is 0 Å². The third-order valence-electron chi connectivity index (χ3n) is 4.92. The number of rotatable bonds is 6. The maximum atomic E-state index is 9.58. The van der Waals surface area contributed by atoms with Crippen LogP contribution in [-0.2, 0) is 0 Å². The first-order valence-electron chi connectivity index (χ1n) is 8.49. The lowest BCUT2D eigenvalue weighted by Gasteiger charge is -2.31. The van der Waals surface area contributed by atoms with Crippen LogP contribution in [0.1, 0.15) is 50.6 Å². The normalized spacial score (nSPS) is 21.5. The van der Waals surface area contributed by atoms with E-state index in [1.807, 2.05) is 0 Å². The van der Waals surface area contributed by atoms with Crippen LogP contribution in [-0.4, -0.2) is 30.8 Å². The summed E-state index contributed by atoms with van der Waals surface area (Å²) in [5, 5.41) is 13.2. The van der Waals surface area contributed by atoms with Crippen LogP contribution in [0.5, 0.6) is 0 Å². The zero-order valence-corrected chi connectivity index (χ0v) is 13.1. The van der Waals surface area contributed by atoms with Crippen molar-refractivity contribution >= 4 is 5.69 Å². The van der Waals surface area contributed by atoms with E-state index in [9.17, 15) is 5.11 Å². The predicted octanol–water partition coefficient (Wildman–Crippen LogP) is 3.10. The van der Waals surface area contributed by atoms with Gasteiger partial charge >= 0.3 is 0 Å². The molecule has 0 radical (unpaired) electrons. The van der Waals surface area contributed by atoms with Crippen molar-refractivity contribution in [1.29, 1.82) is 0 Å². The van der Waals surface area contributed by atoms with Crippen LogP contribution in [0, 0.1) is 5.92 Å². The van der Waals surface area contributed by atoms with Gasteiger partial charge in [0.25, 0.3) is 0 Å². The van der Waals surface area contributed by atoms with Crippen LogP contribution in [0.3, 0.4) is 0 Å². The molecule has 3 rings (SSSR count). The monoisotopic (exact) mass is 288 g/mol. The molecule has 0 aromatic heterocycles. The molecule has 1 atom stereocenters. The molecule has 2 fully saturated rings. The summed E-state index contributed by atoms with van der Waals surface area (Å²) in [6, 6.07) is 9.38. The van der Waals surface area contributed by atoms with E-state index in [4.69, 9.17) is 0 Å². The van der Waals surface area contributed by atoms with Crippen molar-refractivity contribution in [1.82, 2.24) is 5.32 Å². The van der Waals surface area contributed by atoms with Crippen molar-refractivity contribution in [2.24, 2.45) is 5.92 Å². The van der Waals surface area contributed by atoms with E-state index in [1.165, 1.54) is 30.5 Å². The minimum atomic E-state index is -0.101. The van der Waals surface area contributed by atoms with Crippen LogP contribution in [0.15, 0.2) is 24.3 Å². The van der Waals surface area contributed by atoms with Crippen molar-refractivity contribution in [3.63, 3.8) is 0 Å². The lowest BCUT2D eigenvalue weighted by atomic mass is 10.0. The van der Waals surface area contributed by atoms with Crippen molar-refractivity contribution in [3.8, 4) is 0 Å². The molecule has 2 aliphatic rings. The Morgan fingerprint density at radius 3 is 2.43 bits per heavy atom. The summed E-state index contributed by atoms with van der Waals surface area (Å²) in [6.07, 6.45) is 5.89. The fourth-order valence-corrected chi connectivity index (χ4v) is 3.13. The van der Waals surface area contributed by atoms with Gasteiger partial charge in [0, 0.05) is 24.8 Å². The fraction of sp³-hybridized carbons (Fsp3) is 0.667. The third kappa shape index (κ3) is 4.21. The van der Waals surface area contributed by atoms with Crippen LogP contribution in [0.2, 0.25) is 0 Å². The molecule has 0 amide bonds. The van der Waals surface area contributed by atoms with Crippen LogP contribution in [0.4, 0.5) is 5.69 Å². The van der Waals surface area contributed by atoms with Crippen LogP contribution < -0.4 is 10.2 Å². The van der Waals surface area contributed by atoms with Gasteiger partial charge in [-0.15, -0.1) is 0 Å². The molecule has 116 valence electrons. The second-order valence-corrected chi connectivity index (χ2v) is 6.72. The lowest BCUT2D eigenvalue weighted by molar-refractivity contribution is 0.145. The zero-order valence-electron chi connectivity index (χ0n) is 13.1. The Balaban J connectivity index is 1.50. The van der Waals surface area contributed by atoms with Gasteiger partial charge in [-0.05, 0) is 56.3 Å². The molecule has 1 unspecified atom stereocenters. The smallest absolute Gasteiger partial charge is 0.0574 e. The van der Waals surface area contributed by atoms with Gasteiger partial charge < -0.3 is 15.3 Å². The fourth-order valence-electron chi connectivity index (χ4n) is 3.13. The van der Waals surface area contributed by atoms with Crippen molar-refractivity contribution in [2.45, 2.75) is 51.2 Å². The number of nitrogens with zero attached hydrogens (tertiary/aromatic N) is 1. The van der Waals surface area contributed by atoms with Crippen LogP contribution >= 0.6 is 0 Å². The van der Waals surface area contributed by atoms with Crippen molar-refractivity contribution < 1.29 is 5.11 Å². The molecule has 1 saturated heterocycles. The summed E-state index contributed by atoms with van der Waals surface area (Å²) in [4.78, 5) is 2.38. The molecule has 1 aromatic carbocycles. The molecule has 3 nitrogen and oxygen atoms in total. The Hall–Kier alpha value is -1.06. The van der Waals surface area contributed by atoms with Crippen LogP contribution in [0.25, 0.3) is 0 Å². The Labute approximate surface area is 128 Å². The molecular weight excluding hydrogens is 260 g/mol. The minimum absolute atomic E-state index is 0.101. The molecule has 1 aliphatic carbocycles. The summed E-state index contributed by atoms with van der Waals surface area (Å²) in [5.41, 5.74) is 2.66. The molecule has 1 saturated carbocycles. The molecule has 21 heavy (non-hydrogen) atoms. The highest BCUT2D eigenvalue weighted by Crippen LogP contribution is 2.32. The quantitative estimate of drug-likeness (QED) is 0.844. The highest BCUT2D eigenvalue weighted by Gasteiger charge is 2.20. The number of anilines is 1. The van der Waals surface area contributed by atoms with Crippen molar-refractivity contribution in [3.05, 3.63) is 29.8 Å². The Morgan fingerprint density at radius 2 is 1.81 bits per heavy atom. The SMILES string of the molecule is CC(NCCC1CC1)c1ccc(N2CCC(O)CC2)cc1. The van der Waals surface area contributed by atoms with E-state index in [-0.39, 0.29) is 6.10 Å². The Morgan fingerprint density at radius 1 is 1.14 bits per heavy atom. The van der Waals surface area contributed by atoms with Gasteiger partial charge in [0.15, 0.2) is 0 Å². The Kier molecular flexibility index (Phi) is 4.81. The summed E-state index contributed by atoms with van der Waals surface area (Å²) in [6.45, 7) is 5.32. The number of hydrogen-bond donors (Lipinski definition) is 2. The molecule has 0 spiro atoms. The first kappa shape index (κ1) is 14.9. The molecule has 1 aliphatic heterocycles. The van der Waals surface area contributed by atoms with E-state index in [0.717, 1.165) is 38.4 Å². The van der Waals surface area contributed by atoms with Gasteiger partial charge in [-0.25, -0.2) is 0 Å². The van der Waals surface area contributed by atoms with E-state index in [0.29, 0.717) is 6.04 Å². The standard InChI is InChI=1S/C18H28N2O/c1-14(19-11-8-15-2-3-15)16-4-6-17(7-5-16)20-12-9-18(21)10-13-20/h4-7,14-15,18-19,21H,2-3,8-13H2,1H3. The molecule has 2 N–H and O–H groups in total. The second-order valence-electron chi connectivity index (χ2n) is 6.72. The maximum Gasteiger partial charge on any atom is 0.0574 e. The molecule has 1 aromatic rings. The van der Waals surface area contributed by atoms with Gasteiger partial charge in [0.1, 0.15) is 0 Å². The molecule has 1 heterocycles. The number of nitrogens with one attached hydrogen (secondary N) is 1. The largest absolute Gasteiger partial charge is 0.393 e. The first-order chi connectivity index (χ1) is 10.2. The number of piperidine rings is 1. The molecular formula is C18H28N2O. The predicted molar refractivity (Wildman–Crippen MR) is 87.7 cm³/mol. The van der Waals surface area contributed by atoms with Gasteiger partial charge in [0.2, 0.25) is 0 Å². The second kappa shape index (κ2) is 6.80. The maximum absolute atomic E-state index is 9.58. The molecule has 3 heteroatoms. The summed E-state index contributed by atoms with van der Waals surface area (Å²) in [7, 11) is 0. The first-order valence-corrected chi connectivity index (χ1v) is 8.49. The van der Waals surface area contributed by atoms with E-state index in [1.54, 1.807) is 0 Å². The van der Waals surface area contributed by atoms with E-state index >= 15 is 0 Å². The summed E-state index contributed by atoms with van der Waals surface area (Å²) >= 11 is 0. The lowest BCUT2D eigenvalue weighted by Crippen LogP contribution is -2.35. The third-order valence-corrected chi connectivity index (χ3v) is 4.92. The number of hydrogen-bond acceptors (Lipinski definition) is 3. The van der Waals surface area contributed by atoms with Crippen molar-refractivity contribution in [2.75, 3.05) is 24.5 Å². The number of benzene rings is 1. The minimum Gasteiger partial charge on any atom is -0.393 e. The van der Waals surface area contributed by atoms with E-state index in [2.05, 4.69) is 41.4 Å². The Bertz CT molecular complexity index is 433. The highest BCUT2D eigenvalue weighted by atomic mass is 16.3. The summed E-state index contributed by atoms with van der Waals surface area (Å²) < 4.78 is 0. The van der Waals surface area contributed by atoms with Gasteiger partial charge in [-0.1, -0.05) is 25.0 Å². The van der Waals surface area contributed by atoms with Gasteiger partial charge in [0.05, 0.1) is 6.10 Å². The highest BCUT2D eigenvalue weighted by molar-refractivity contribution is 5.48. The molecule has 0 bridgehead atoms.